The summed E-state index contributed by atoms with van der Waals surface area (Å²) in [4.78, 5) is 10.2. The molecule has 12 heavy (non-hydrogen) atoms. The average molecular weight is 194 g/mol. The van der Waals surface area contributed by atoms with E-state index >= 15 is 0 Å². The second-order valence-corrected chi connectivity index (χ2v) is 4.37. The largest absolute Gasteiger partial charge is 0.481 e. The molecular formula is C5H10N2O4S. The third kappa shape index (κ3) is 2.16. The zero-order valence-electron chi connectivity index (χ0n) is 6.30. The molecule has 0 saturated carbocycles. The van der Waals surface area contributed by atoms with Crippen molar-refractivity contribution in [1.29, 1.82) is 0 Å². The van der Waals surface area contributed by atoms with Crippen LogP contribution in [0.3, 0.4) is 0 Å². The van der Waals surface area contributed by atoms with Gasteiger partial charge in [-0.1, -0.05) is 0 Å². The summed E-state index contributed by atoms with van der Waals surface area (Å²) in [5.41, 5.74) is 0. The lowest BCUT2D eigenvalue weighted by molar-refractivity contribution is -0.139. The van der Waals surface area contributed by atoms with E-state index in [4.69, 9.17) is 10.2 Å². The maximum absolute atomic E-state index is 10.6. The van der Waals surface area contributed by atoms with Crippen molar-refractivity contribution < 1.29 is 18.3 Å². The van der Waals surface area contributed by atoms with Gasteiger partial charge in [0.2, 0.25) is 0 Å². The van der Waals surface area contributed by atoms with Crippen LogP contribution in [-0.4, -0.2) is 36.9 Å². The Kier molecular flexibility index (Phi) is 2.36. The normalized spacial score (nSPS) is 20.4. The number of rotatable bonds is 3. The van der Waals surface area contributed by atoms with Gasteiger partial charge in [0.15, 0.2) is 0 Å². The van der Waals surface area contributed by atoms with E-state index in [9.17, 15) is 13.2 Å². The van der Waals surface area contributed by atoms with Gasteiger partial charge < -0.3 is 5.11 Å². The zero-order chi connectivity index (χ0) is 9.35. The number of hydrogen-bond donors (Lipinski definition) is 2. The number of nitrogens with zero attached hydrogens (tertiary/aromatic N) is 1. The Morgan fingerprint density at radius 3 is 2.42 bits per heavy atom. The van der Waals surface area contributed by atoms with Crippen molar-refractivity contribution in [3.63, 3.8) is 0 Å². The highest BCUT2D eigenvalue weighted by Gasteiger charge is 2.34. The minimum Gasteiger partial charge on any atom is -0.481 e. The van der Waals surface area contributed by atoms with Gasteiger partial charge in [0, 0.05) is 13.1 Å². The number of aliphatic carboxylic acids is 1. The summed E-state index contributed by atoms with van der Waals surface area (Å²) in [5.74, 6) is -0.991. The third-order valence-corrected chi connectivity index (χ3v) is 2.76. The van der Waals surface area contributed by atoms with Crippen molar-refractivity contribution in [1.82, 2.24) is 4.31 Å². The molecule has 0 aliphatic carbocycles. The lowest BCUT2D eigenvalue weighted by Gasteiger charge is -2.35. The summed E-state index contributed by atoms with van der Waals surface area (Å²) >= 11 is 0. The molecule has 6 nitrogen and oxygen atoms in total. The molecule has 0 aromatic rings. The topological polar surface area (TPSA) is 101 Å². The first-order chi connectivity index (χ1) is 5.39. The highest BCUT2D eigenvalue weighted by Crippen LogP contribution is 2.20. The van der Waals surface area contributed by atoms with Gasteiger partial charge in [-0.25, -0.2) is 5.14 Å². The number of nitrogens with two attached hydrogens (primary N) is 1. The van der Waals surface area contributed by atoms with E-state index in [-0.39, 0.29) is 25.4 Å². The molecule has 0 bridgehead atoms. The molecule has 1 aliphatic rings. The summed E-state index contributed by atoms with van der Waals surface area (Å²) in [6, 6.07) is 0. The van der Waals surface area contributed by atoms with Crippen molar-refractivity contribution in [3.8, 4) is 0 Å². The Morgan fingerprint density at radius 1 is 1.58 bits per heavy atom. The lowest BCUT2D eigenvalue weighted by Crippen LogP contribution is -2.52. The number of carbonyl (C=O) groups is 1. The van der Waals surface area contributed by atoms with E-state index in [1.807, 2.05) is 0 Å². The molecule has 70 valence electrons. The quantitative estimate of drug-likeness (QED) is 0.576. The van der Waals surface area contributed by atoms with Gasteiger partial charge in [-0.05, 0) is 5.92 Å². The second-order valence-electron chi connectivity index (χ2n) is 2.83. The van der Waals surface area contributed by atoms with Gasteiger partial charge in [-0.2, -0.15) is 12.7 Å². The molecule has 0 amide bonds. The summed E-state index contributed by atoms with van der Waals surface area (Å²) in [7, 11) is -3.59. The first-order valence-electron chi connectivity index (χ1n) is 3.39. The highest BCUT2D eigenvalue weighted by molar-refractivity contribution is 7.86. The van der Waals surface area contributed by atoms with Gasteiger partial charge in [-0.3, -0.25) is 4.79 Å². The SMILES string of the molecule is NS(=O)(=O)N1CC(CC(=O)O)C1. The Hall–Kier alpha value is -0.660. The van der Waals surface area contributed by atoms with E-state index < -0.39 is 16.2 Å². The Labute approximate surface area is 70.1 Å². The van der Waals surface area contributed by atoms with E-state index in [2.05, 4.69) is 0 Å². The first kappa shape index (κ1) is 9.43. The molecule has 0 aromatic carbocycles. The van der Waals surface area contributed by atoms with Crippen molar-refractivity contribution >= 4 is 16.2 Å². The van der Waals surface area contributed by atoms with Crippen LogP contribution in [0.4, 0.5) is 0 Å². The summed E-state index contributed by atoms with van der Waals surface area (Å²) in [6.07, 6.45) is 0.00597. The van der Waals surface area contributed by atoms with E-state index in [0.29, 0.717) is 0 Å². The summed E-state index contributed by atoms with van der Waals surface area (Å²) in [5, 5.41) is 13.1. The van der Waals surface area contributed by atoms with E-state index in [1.165, 1.54) is 0 Å². The van der Waals surface area contributed by atoms with Crippen LogP contribution in [0.2, 0.25) is 0 Å². The van der Waals surface area contributed by atoms with Crippen molar-refractivity contribution in [2.45, 2.75) is 6.42 Å². The Morgan fingerprint density at radius 2 is 2.08 bits per heavy atom. The monoisotopic (exact) mass is 194 g/mol. The molecule has 0 unspecified atom stereocenters. The van der Waals surface area contributed by atoms with E-state index in [1.54, 1.807) is 0 Å². The van der Waals surface area contributed by atoms with Crippen molar-refractivity contribution in [2.24, 2.45) is 11.1 Å². The smallest absolute Gasteiger partial charge is 0.303 e. The molecule has 0 radical (unpaired) electrons. The molecule has 1 saturated heterocycles. The maximum atomic E-state index is 10.6. The number of carboxylic acid groups (broad SMARTS) is 1. The predicted octanol–water partition coefficient (Wildman–Crippen LogP) is -1.40. The Balaban J connectivity index is 2.34. The maximum Gasteiger partial charge on any atom is 0.303 e. The van der Waals surface area contributed by atoms with Gasteiger partial charge in [0.25, 0.3) is 10.2 Å². The summed E-state index contributed by atoms with van der Waals surface area (Å²) < 4.78 is 22.3. The van der Waals surface area contributed by atoms with E-state index in [0.717, 1.165) is 4.31 Å². The van der Waals surface area contributed by atoms with Crippen LogP contribution in [0.25, 0.3) is 0 Å². The number of hydrogen-bond acceptors (Lipinski definition) is 3. The second kappa shape index (κ2) is 3.00. The summed E-state index contributed by atoms with van der Waals surface area (Å²) in [6.45, 7) is 0.455. The molecule has 1 fully saturated rings. The van der Waals surface area contributed by atoms with Crippen molar-refractivity contribution in [3.05, 3.63) is 0 Å². The molecule has 1 rings (SSSR count). The van der Waals surface area contributed by atoms with Crippen LogP contribution in [0.1, 0.15) is 6.42 Å². The van der Waals surface area contributed by atoms with Crippen molar-refractivity contribution in [2.75, 3.05) is 13.1 Å². The molecule has 7 heteroatoms. The zero-order valence-corrected chi connectivity index (χ0v) is 7.12. The fraction of sp³-hybridized carbons (Fsp3) is 0.800. The van der Waals surface area contributed by atoms with Gasteiger partial charge in [0.1, 0.15) is 0 Å². The Bertz CT molecular complexity index is 280. The first-order valence-corrected chi connectivity index (χ1v) is 4.89. The highest BCUT2D eigenvalue weighted by atomic mass is 32.2. The molecule has 0 atom stereocenters. The molecule has 0 aromatic heterocycles. The van der Waals surface area contributed by atoms with Gasteiger partial charge in [0.05, 0.1) is 6.42 Å². The molecule has 3 N–H and O–H groups in total. The predicted molar refractivity (Wildman–Crippen MR) is 40.4 cm³/mol. The minimum absolute atomic E-state index is 0.00597. The van der Waals surface area contributed by atoms with Crippen LogP contribution in [0.5, 0.6) is 0 Å². The van der Waals surface area contributed by atoms with Gasteiger partial charge >= 0.3 is 5.97 Å². The standard InChI is InChI=1S/C5H10N2O4S/c6-12(10,11)7-2-4(3-7)1-5(8)9/h4H,1-3H2,(H,8,9)(H2,6,10,11). The molecule has 1 heterocycles. The average Bonchev–Trinajstić information content (AvgIpc) is 1.73. The van der Waals surface area contributed by atoms with Crippen LogP contribution in [0.15, 0.2) is 0 Å². The van der Waals surface area contributed by atoms with Crippen LogP contribution in [0, 0.1) is 5.92 Å². The molecule has 1 aliphatic heterocycles. The minimum atomic E-state index is -3.59. The fourth-order valence-corrected chi connectivity index (χ4v) is 1.94. The number of carboxylic acids is 1. The molecule has 0 spiro atoms. The van der Waals surface area contributed by atoms with Gasteiger partial charge in [-0.15, -0.1) is 0 Å². The molecular weight excluding hydrogens is 184 g/mol. The lowest BCUT2D eigenvalue weighted by atomic mass is 10.00. The van der Waals surface area contributed by atoms with Crippen LogP contribution >= 0.6 is 0 Å². The fourth-order valence-electron chi connectivity index (χ4n) is 1.11. The van der Waals surface area contributed by atoms with Crippen LogP contribution < -0.4 is 5.14 Å². The van der Waals surface area contributed by atoms with Crippen LogP contribution in [-0.2, 0) is 15.0 Å². The third-order valence-electron chi connectivity index (χ3n) is 1.75.